The highest BCUT2D eigenvalue weighted by Crippen LogP contribution is 2.69. The molecule has 0 aromatic rings. The van der Waals surface area contributed by atoms with E-state index in [0.29, 0.717) is 17.3 Å². The first-order chi connectivity index (χ1) is 5.58. The van der Waals surface area contributed by atoms with Gasteiger partial charge in [-0.05, 0) is 36.5 Å². The van der Waals surface area contributed by atoms with Crippen molar-refractivity contribution in [2.45, 2.75) is 33.1 Å². The predicted molar refractivity (Wildman–Crippen MR) is 45.7 cm³/mol. The Morgan fingerprint density at radius 3 is 2.50 bits per heavy atom. The normalized spacial score (nSPS) is 44.6. The van der Waals surface area contributed by atoms with Crippen LogP contribution in [-0.4, -0.2) is 11.1 Å². The van der Waals surface area contributed by atoms with E-state index in [2.05, 4.69) is 13.8 Å². The van der Waals surface area contributed by atoms with Crippen LogP contribution >= 0.6 is 0 Å². The molecule has 2 fully saturated rings. The fourth-order valence-corrected chi connectivity index (χ4v) is 3.05. The van der Waals surface area contributed by atoms with Crippen LogP contribution < -0.4 is 0 Å². The lowest BCUT2D eigenvalue weighted by Gasteiger charge is -2.15. The molecule has 0 heterocycles. The summed E-state index contributed by atoms with van der Waals surface area (Å²) in [7, 11) is 0. The summed E-state index contributed by atoms with van der Waals surface area (Å²) in [4.78, 5) is 10.8. The van der Waals surface area contributed by atoms with E-state index >= 15 is 0 Å². The number of aliphatic carboxylic acids is 1. The van der Waals surface area contributed by atoms with Crippen LogP contribution in [0.1, 0.15) is 33.1 Å². The van der Waals surface area contributed by atoms with Gasteiger partial charge in [0.05, 0.1) is 5.92 Å². The summed E-state index contributed by atoms with van der Waals surface area (Å²) >= 11 is 0. The van der Waals surface area contributed by atoms with Gasteiger partial charge in [0.25, 0.3) is 0 Å². The molecule has 2 rings (SSSR count). The van der Waals surface area contributed by atoms with E-state index in [4.69, 9.17) is 5.11 Å². The van der Waals surface area contributed by atoms with Crippen LogP contribution in [0.15, 0.2) is 0 Å². The van der Waals surface area contributed by atoms with Crippen molar-refractivity contribution in [3.05, 3.63) is 0 Å². The molecule has 0 amide bonds. The van der Waals surface area contributed by atoms with Crippen LogP contribution in [0.25, 0.3) is 0 Å². The van der Waals surface area contributed by atoms with Crippen molar-refractivity contribution in [2.24, 2.45) is 23.2 Å². The molecule has 1 N–H and O–H groups in total. The van der Waals surface area contributed by atoms with Gasteiger partial charge in [-0.15, -0.1) is 0 Å². The van der Waals surface area contributed by atoms with Gasteiger partial charge >= 0.3 is 5.97 Å². The van der Waals surface area contributed by atoms with Gasteiger partial charge in [-0.1, -0.05) is 13.8 Å². The standard InChI is InChI=1S/C10H16O2/c1-6(2)10-4-3-7(9(11)12)8(10)5-10/h6-8H,3-5H2,1-2H3,(H,11,12). The molecule has 3 atom stereocenters. The van der Waals surface area contributed by atoms with Gasteiger partial charge in [-0.3, -0.25) is 4.79 Å². The second kappa shape index (κ2) is 2.24. The molecule has 12 heavy (non-hydrogen) atoms. The molecule has 0 spiro atoms. The molecule has 2 saturated carbocycles. The van der Waals surface area contributed by atoms with Crippen LogP contribution in [0.3, 0.4) is 0 Å². The highest BCUT2D eigenvalue weighted by atomic mass is 16.4. The highest BCUT2D eigenvalue weighted by Gasteiger charge is 2.64. The number of hydrogen-bond acceptors (Lipinski definition) is 1. The Bertz CT molecular complexity index is 222. The molecular weight excluding hydrogens is 152 g/mol. The molecule has 0 radical (unpaired) electrons. The Hall–Kier alpha value is -0.530. The van der Waals surface area contributed by atoms with Crippen molar-refractivity contribution in [1.82, 2.24) is 0 Å². The first-order valence-corrected chi connectivity index (χ1v) is 4.81. The topological polar surface area (TPSA) is 37.3 Å². The fourth-order valence-electron chi connectivity index (χ4n) is 3.05. The Kier molecular flexibility index (Phi) is 1.51. The number of carboxylic acids is 1. The van der Waals surface area contributed by atoms with E-state index in [-0.39, 0.29) is 5.92 Å². The molecule has 2 aliphatic carbocycles. The summed E-state index contributed by atoms with van der Waals surface area (Å²) in [6.45, 7) is 4.45. The summed E-state index contributed by atoms with van der Waals surface area (Å²) in [6, 6.07) is 0. The van der Waals surface area contributed by atoms with Gasteiger partial charge in [-0.2, -0.15) is 0 Å². The summed E-state index contributed by atoms with van der Waals surface area (Å²) < 4.78 is 0. The van der Waals surface area contributed by atoms with Gasteiger partial charge in [0, 0.05) is 0 Å². The number of carboxylic acid groups (broad SMARTS) is 1. The Morgan fingerprint density at radius 2 is 2.25 bits per heavy atom. The summed E-state index contributed by atoms with van der Waals surface area (Å²) in [6.07, 6.45) is 3.23. The van der Waals surface area contributed by atoms with Gasteiger partial charge < -0.3 is 5.11 Å². The molecule has 0 aromatic carbocycles. The molecule has 2 heteroatoms. The molecule has 3 unspecified atom stereocenters. The average Bonchev–Trinajstić information content (AvgIpc) is 2.58. The second-order valence-electron chi connectivity index (χ2n) is 4.68. The molecule has 2 aliphatic rings. The lowest BCUT2D eigenvalue weighted by atomic mass is 9.90. The van der Waals surface area contributed by atoms with Gasteiger partial charge in [-0.25, -0.2) is 0 Å². The molecule has 68 valence electrons. The molecule has 0 aliphatic heterocycles. The van der Waals surface area contributed by atoms with E-state index in [1.807, 2.05) is 0 Å². The van der Waals surface area contributed by atoms with Crippen molar-refractivity contribution in [2.75, 3.05) is 0 Å². The van der Waals surface area contributed by atoms with E-state index < -0.39 is 5.97 Å². The quantitative estimate of drug-likeness (QED) is 0.686. The second-order valence-corrected chi connectivity index (χ2v) is 4.68. The maximum atomic E-state index is 10.8. The van der Waals surface area contributed by atoms with E-state index in [0.717, 1.165) is 12.8 Å². The molecule has 0 saturated heterocycles. The van der Waals surface area contributed by atoms with Gasteiger partial charge in [0.1, 0.15) is 0 Å². The molecular formula is C10H16O2. The minimum Gasteiger partial charge on any atom is -0.481 e. The Morgan fingerprint density at radius 1 is 1.58 bits per heavy atom. The number of rotatable bonds is 2. The third kappa shape index (κ3) is 0.838. The minimum atomic E-state index is -0.569. The van der Waals surface area contributed by atoms with E-state index in [1.165, 1.54) is 6.42 Å². The van der Waals surface area contributed by atoms with Crippen LogP contribution in [0.5, 0.6) is 0 Å². The highest BCUT2D eigenvalue weighted by molar-refractivity contribution is 5.72. The summed E-state index contributed by atoms with van der Waals surface area (Å²) in [5.74, 6) is 0.592. The van der Waals surface area contributed by atoms with Crippen molar-refractivity contribution in [1.29, 1.82) is 0 Å². The first kappa shape index (κ1) is 8.09. The van der Waals surface area contributed by atoms with Crippen LogP contribution in [0, 0.1) is 23.2 Å². The van der Waals surface area contributed by atoms with E-state index in [9.17, 15) is 4.79 Å². The zero-order valence-electron chi connectivity index (χ0n) is 7.71. The predicted octanol–water partition coefficient (Wildman–Crippen LogP) is 2.14. The van der Waals surface area contributed by atoms with Crippen LogP contribution in [0.4, 0.5) is 0 Å². The van der Waals surface area contributed by atoms with E-state index in [1.54, 1.807) is 0 Å². The van der Waals surface area contributed by atoms with Crippen molar-refractivity contribution >= 4 is 5.97 Å². The fraction of sp³-hybridized carbons (Fsp3) is 0.900. The summed E-state index contributed by atoms with van der Waals surface area (Å²) in [5, 5.41) is 8.91. The number of fused-ring (bicyclic) bond motifs is 1. The zero-order valence-corrected chi connectivity index (χ0v) is 7.71. The smallest absolute Gasteiger partial charge is 0.306 e. The van der Waals surface area contributed by atoms with Gasteiger partial charge in [0.15, 0.2) is 0 Å². The van der Waals surface area contributed by atoms with Gasteiger partial charge in [0.2, 0.25) is 0 Å². The van der Waals surface area contributed by atoms with Crippen LogP contribution in [0.2, 0.25) is 0 Å². The van der Waals surface area contributed by atoms with Crippen LogP contribution in [-0.2, 0) is 4.79 Å². The average molecular weight is 168 g/mol. The third-order valence-electron chi connectivity index (χ3n) is 4.05. The maximum absolute atomic E-state index is 10.8. The molecule has 2 nitrogen and oxygen atoms in total. The first-order valence-electron chi connectivity index (χ1n) is 4.81. The third-order valence-corrected chi connectivity index (χ3v) is 4.05. The van der Waals surface area contributed by atoms with Crippen molar-refractivity contribution < 1.29 is 9.90 Å². The molecule has 0 bridgehead atoms. The summed E-state index contributed by atoms with van der Waals surface area (Å²) in [5.41, 5.74) is 0.434. The number of carbonyl (C=O) groups is 1. The monoisotopic (exact) mass is 168 g/mol. The largest absolute Gasteiger partial charge is 0.481 e. The Balaban J connectivity index is 2.10. The zero-order chi connectivity index (χ0) is 8.93. The lowest BCUT2D eigenvalue weighted by molar-refractivity contribution is -0.142. The van der Waals surface area contributed by atoms with Crippen molar-refractivity contribution in [3.8, 4) is 0 Å². The van der Waals surface area contributed by atoms with Crippen molar-refractivity contribution in [3.63, 3.8) is 0 Å². The lowest BCUT2D eigenvalue weighted by Crippen LogP contribution is -2.13. The molecule has 0 aromatic heterocycles. The number of hydrogen-bond donors (Lipinski definition) is 1. The minimum absolute atomic E-state index is 0.0209. The SMILES string of the molecule is CC(C)C12CCC(C(=O)O)C1C2. The maximum Gasteiger partial charge on any atom is 0.306 e. The Labute approximate surface area is 73.0 Å².